The van der Waals surface area contributed by atoms with Crippen LogP contribution in [0.25, 0.3) is 0 Å². The molecule has 0 fully saturated rings. The third-order valence-electron chi connectivity index (χ3n) is 2.50. The number of nitrogens with two attached hydrogens (primary N) is 1. The predicted molar refractivity (Wildman–Crippen MR) is 61.6 cm³/mol. The molecule has 0 aliphatic heterocycles. The van der Waals surface area contributed by atoms with Crippen molar-refractivity contribution in [2.45, 2.75) is 25.7 Å². The third kappa shape index (κ3) is 3.46. The monoisotopic (exact) mass is 260 g/mol. The lowest BCUT2D eigenvalue weighted by atomic mass is 10.1. The molecule has 0 aromatic heterocycles. The molecule has 1 aromatic carbocycles. The van der Waals surface area contributed by atoms with Crippen LogP contribution in [0.15, 0.2) is 24.3 Å². The summed E-state index contributed by atoms with van der Waals surface area (Å²) < 4.78 is 38.2. The molecule has 1 aromatic rings. The Bertz CT molecular complexity index is 430. The molecule has 0 heterocycles. The molecule has 2 N–H and O–H groups in total. The maximum absolute atomic E-state index is 12.7. The summed E-state index contributed by atoms with van der Waals surface area (Å²) in [6, 6.07) is 4.45. The van der Waals surface area contributed by atoms with Crippen molar-refractivity contribution in [1.82, 2.24) is 4.90 Å². The van der Waals surface area contributed by atoms with Crippen molar-refractivity contribution < 1.29 is 18.0 Å². The van der Waals surface area contributed by atoms with Crippen molar-refractivity contribution in [2.24, 2.45) is 5.73 Å². The number of amides is 1. The summed E-state index contributed by atoms with van der Waals surface area (Å²) >= 11 is 0. The summed E-state index contributed by atoms with van der Waals surface area (Å²) in [6.45, 7) is 1.38. The minimum absolute atomic E-state index is 0.0569. The van der Waals surface area contributed by atoms with Crippen molar-refractivity contribution in [3.63, 3.8) is 0 Å². The number of carbonyl (C=O) groups excluding carboxylic acids is 1. The van der Waals surface area contributed by atoms with Gasteiger partial charge >= 0.3 is 6.18 Å². The Kier molecular flexibility index (Phi) is 4.34. The minimum atomic E-state index is -4.42. The number of halogens is 3. The average Bonchev–Trinajstić information content (AvgIpc) is 2.27. The standard InChI is InChI=1S/C12H15F3N2O/c1-8(16)11(18)17(2)7-9-5-3-4-6-10(9)12(13,14)15/h3-6,8H,7,16H2,1-2H3/t8-/m1/s1. The Morgan fingerprint density at radius 1 is 1.39 bits per heavy atom. The van der Waals surface area contributed by atoms with E-state index in [0.29, 0.717) is 0 Å². The van der Waals surface area contributed by atoms with Gasteiger partial charge < -0.3 is 10.6 Å². The fraction of sp³-hybridized carbons (Fsp3) is 0.417. The van der Waals surface area contributed by atoms with E-state index in [9.17, 15) is 18.0 Å². The normalized spacial score (nSPS) is 13.2. The first-order valence-corrected chi connectivity index (χ1v) is 5.39. The van der Waals surface area contributed by atoms with E-state index in [1.165, 1.54) is 37.1 Å². The van der Waals surface area contributed by atoms with Crippen LogP contribution in [0.3, 0.4) is 0 Å². The first kappa shape index (κ1) is 14.5. The van der Waals surface area contributed by atoms with Crippen molar-refractivity contribution in [2.75, 3.05) is 7.05 Å². The van der Waals surface area contributed by atoms with Crippen molar-refractivity contribution in [3.8, 4) is 0 Å². The Hall–Kier alpha value is -1.56. The number of nitrogens with zero attached hydrogens (tertiary/aromatic N) is 1. The number of rotatable bonds is 3. The quantitative estimate of drug-likeness (QED) is 0.903. The molecule has 0 aliphatic carbocycles. The largest absolute Gasteiger partial charge is 0.416 e. The highest BCUT2D eigenvalue weighted by Crippen LogP contribution is 2.32. The molecule has 1 amide bonds. The lowest BCUT2D eigenvalue weighted by molar-refractivity contribution is -0.139. The molecular formula is C12H15F3N2O. The topological polar surface area (TPSA) is 46.3 Å². The van der Waals surface area contributed by atoms with E-state index in [0.717, 1.165) is 6.07 Å². The number of likely N-dealkylation sites (N-methyl/N-ethyl adjacent to an activating group) is 1. The van der Waals surface area contributed by atoms with Crippen LogP contribution in [0, 0.1) is 0 Å². The van der Waals surface area contributed by atoms with Crippen molar-refractivity contribution >= 4 is 5.91 Å². The zero-order valence-corrected chi connectivity index (χ0v) is 10.2. The van der Waals surface area contributed by atoms with Gasteiger partial charge in [-0.1, -0.05) is 18.2 Å². The van der Waals surface area contributed by atoms with E-state index in [4.69, 9.17) is 5.73 Å². The number of hydrogen-bond donors (Lipinski definition) is 1. The SMILES string of the molecule is C[C@@H](N)C(=O)N(C)Cc1ccccc1C(F)(F)F. The first-order valence-electron chi connectivity index (χ1n) is 5.39. The van der Waals surface area contributed by atoms with Crippen LogP contribution in [-0.4, -0.2) is 23.9 Å². The second-order valence-corrected chi connectivity index (χ2v) is 4.14. The Morgan fingerprint density at radius 3 is 2.44 bits per heavy atom. The maximum atomic E-state index is 12.7. The van der Waals surface area contributed by atoms with Crippen molar-refractivity contribution in [1.29, 1.82) is 0 Å². The highest BCUT2D eigenvalue weighted by molar-refractivity contribution is 5.80. The third-order valence-corrected chi connectivity index (χ3v) is 2.50. The smallest absolute Gasteiger partial charge is 0.340 e. The summed E-state index contributed by atoms with van der Waals surface area (Å²) in [4.78, 5) is 12.7. The van der Waals surface area contributed by atoms with Crippen LogP contribution in [0.5, 0.6) is 0 Å². The molecule has 18 heavy (non-hydrogen) atoms. The number of alkyl halides is 3. The highest BCUT2D eigenvalue weighted by atomic mass is 19.4. The summed E-state index contributed by atoms with van der Waals surface area (Å²) in [5.41, 5.74) is 4.73. The second-order valence-electron chi connectivity index (χ2n) is 4.14. The van der Waals surface area contributed by atoms with Gasteiger partial charge in [0.25, 0.3) is 0 Å². The molecule has 0 aliphatic rings. The molecule has 0 saturated carbocycles. The second kappa shape index (κ2) is 5.39. The summed E-state index contributed by atoms with van der Waals surface area (Å²) in [5.74, 6) is -0.396. The molecule has 1 atom stereocenters. The predicted octanol–water partition coefficient (Wildman–Crippen LogP) is 2.01. The summed E-state index contributed by atoms with van der Waals surface area (Å²) in [5, 5.41) is 0. The summed E-state index contributed by atoms with van der Waals surface area (Å²) in [7, 11) is 1.43. The molecule has 0 spiro atoms. The van der Waals surface area contributed by atoms with Crippen LogP contribution < -0.4 is 5.73 Å². The van der Waals surface area contributed by atoms with Gasteiger partial charge in [-0.25, -0.2) is 0 Å². The molecule has 0 saturated heterocycles. The van der Waals surface area contributed by atoms with Crippen LogP contribution in [0.1, 0.15) is 18.1 Å². The lowest BCUT2D eigenvalue weighted by Gasteiger charge is -2.21. The molecule has 0 unspecified atom stereocenters. The Balaban J connectivity index is 2.95. The van der Waals surface area contributed by atoms with Gasteiger partial charge in [0.1, 0.15) is 0 Å². The Morgan fingerprint density at radius 2 is 1.94 bits per heavy atom. The zero-order chi connectivity index (χ0) is 13.9. The molecular weight excluding hydrogens is 245 g/mol. The van der Waals surface area contributed by atoms with Crippen LogP contribution in [-0.2, 0) is 17.5 Å². The first-order chi connectivity index (χ1) is 8.23. The van der Waals surface area contributed by atoms with Gasteiger partial charge in [-0.2, -0.15) is 13.2 Å². The van der Waals surface area contributed by atoms with E-state index in [1.807, 2.05) is 0 Å². The van der Waals surface area contributed by atoms with E-state index < -0.39 is 23.7 Å². The fourth-order valence-corrected chi connectivity index (χ4v) is 1.62. The summed E-state index contributed by atoms with van der Waals surface area (Å²) in [6.07, 6.45) is -4.42. The number of benzene rings is 1. The van der Waals surface area contributed by atoms with Gasteiger partial charge in [0.15, 0.2) is 0 Å². The molecule has 100 valence electrons. The van der Waals surface area contributed by atoms with E-state index >= 15 is 0 Å². The van der Waals surface area contributed by atoms with Crippen LogP contribution in [0.4, 0.5) is 13.2 Å². The van der Waals surface area contributed by atoms with Gasteiger partial charge in [-0.05, 0) is 18.6 Å². The number of carbonyl (C=O) groups is 1. The average molecular weight is 260 g/mol. The molecule has 6 heteroatoms. The van der Waals surface area contributed by atoms with Gasteiger partial charge in [-0.15, -0.1) is 0 Å². The maximum Gasteiger partial charge on any atom is 0.416 e. The zero-order valence-electron chi connectivity index (χ0n) is 10.2. The van der Waals surface area contributed by atoms with Gasteiger partial charge in [0.2, 0.25) is 5.91 Å². The van der Waals surface area contributed by atoms with Crippen LogP contribution in [0.2, 0.25) is 0 Å². The molecule has 0 bridgehead atoms. The fourth-order valence-electron chi connectivity index (χ4n) is 1.62. The van der Waals surface area contributed by atoms with E-state index in [2.05, 4.69) is 0 Å². The van der Waals surface area contributed by atoms with Gasteiger partial charge in [-0.3, -0.25) is 4.79 Å². The van der Waals surface area contributed by atoms with E-state index in [1.54, 1.807) is 0 Å². The Labute approximate surface area is 103 Å². The van der Waals surface area contributed by atoms with Gasteiger partial charge in [0.05, 0.1) is 11.6 Å². The highest BCUT2D eigenvalue weighted by Gasteiger charge is 2.33. The molecule has 3 nitrogen and oxygen atoms in total. The van der Waals surface area contributed by atoms with Gasteiger partial charge in [0, 0.05) is 13.6 Å². The van der Waals surface area contributed by atoms with E-state index in [-0.39, 0.29) is 12.1 Å². The molecule has 1 rings (SSSR count). The lowest BCUT2D eigenvalue weighted by Crippen LogP contribution is -2.39. The molecule has 0 radical (unpaired) electrons. The van der Waals surface area contributed by atoms with Crippen LogP contribution >= 0.6 is 0 Å². The van der Waals surface area contributed by atoms with Crippen molar-refractivity contribution in [3.05, 3.63) is 35.4 Å². The number of hydrogen-bond acceptors (Lipinski definition) is 2. The minimum Gasteiger partial charge on any atom is -0.340 e.